The van der Waals surface area contributed by atoms with Crippen molar-refractivity contribution in [1.82, 2.24) is 4.98 Å². The lowest BCUT2D eigenvalue weighted by molar-refractivity contribution is -0.114. The topological polar surface area (TPSA) is 126 Å². The van der Waals surface area contributed by atoms with E-state index in [0.717, 1.165) is 16.4 Å². The molecule has 1 aromatic heterocycles. The first-order valence-corrected chi connectivity index (χ1v) is 13.7. The number of aromatic nitrogens is 1. The van der Waals surface area contributed by atoms with Crippen LogP contribution >= 0.6 is 0 Å². The van der Waals surface area contributed by atoms with E-state index in [9.17, 15) is 26.0 Å². The molecule has 0 bridgehead atoms. The number of nitrogens with one attached hydrogen (secondary N) is 2. The molecule has 4 aromatic rings. The average molecular weight is 541 g/mol. The van der Waals surface area contributed by atoms with Gasteiger partial charge in [-0.2, -0.15) is 0 Å². The lowest BCUT2D eigenvalue weighted by atomic mass is 10.3. The highest BCUT2D eigenvalue weighted by atomic mass is 32.2. The second-order valence-electron chi connectivity index (χ2n) is 7.69. The molecule has 9 nitrogen and oxygen atoms in total. The van der Waals surface area contributed by atoms with Gasteiger partial charge in [-0.15, -0.1) is 0 Å². The summed E-state index contributed by atoms with van der Waals surface area (Å²) in [4.78, 5) is 16.7. The van der Waals surface area contributed by atoms with Crippen LogP contribution in [0.3, 0.4) is 0 Å². The largest absolute Gasteiger partial charge is 0.325 e. The van der Waals surface area contributed by atoms with E-state index in [1.807, 2.05) is 0 Å². The summed E-state index contributed by atoms with van der Waals surface area (Å²) in [5.41, 5.74) is 0.348. The minimum atomic E-state index is -4.15. The summed E-state index contributed by atoms with van der Waals surface area (Å²) in [6, 6.07) is 22.4. The lowest BCUT2D eigenvalue weighted by Crippen LogP contribution is -2.38. The molecule has 0 fully saturated rings. The third-order valence-corrected chi connectivity index (χ3v) is 8.24. The number of halogens is 1. The number of carbonyl (C=O) groups is 1. The van der Waals surface area contributed by atoms with E-state index >= 15 is 0 Å². The van der Waals surface area contributed by atoms with E-state index in [4.69, 9.17) is 0 Å². The fourth-order valence-corrected chi connectivity index (χ4v) is 5.76. The Morgan fingerprint density at radius 2 is 1.43 bits per heavy atom. The van der Waals surface area contributed by atoms with Crippen LogP contribution in [0.2, 0.25) is 0 Å². The molecule has 4 rings (SSSR count). The van der Waals surface area contributed by atoms with Crippen LogP contribution in [0.15, 0.2) is 113 Å². The molecule has 0 spiro atoms. The van der Waals surface area contributed by atoms with Gasteiger partial charge in [0.25, 0.3) is 20.0 Å². The van der Waals surface area contributed by atoms with Crippen molar-refractivity contribution in [2.24, 2.45) is 0 Å². The summed E-state index contributed by atoms with van der Waals surface area (Å²) in [5.74, 6) is -1.09. The second-order valence-corrected chi connectivity index (χ2v) is 11.2. The Hall–Kier alpha value is -4.29. The lowest BCUT2D eigenvalue weighted by Gasteiger charge is -2.24. The zero-order valence-electron chi connectivity index (χ0n) is 19.2. The molecule has 0 saturated carbocycles. The maximum absolute atomic E-state index is 13.5. The minimum Gasteiger partial charge on any atom is -0.325 e. The van der Waals surface area contributed by atoms with Crippen LogP contribution in [-0.2, 0) is 24.8 Å². The number of amides is 1. The quantitative estimate of drug-likeness (QED) is 0.332. The highest BCUT2D eigenvalue weighted by molar-refractivity contribution is 7.93. The average Bonchev–Trinajstić information content (AvgIpc) is 2.89. The minimum absolute atomic E-state index is 0.0397. The zero-order chi connectivity index (χ0) is 26.5. The molecule has 0 unspecified atom stereocenters. The van der Waals surface area contributed by atoms with Gasteiger partial charge in [-0.05, 0) is 72.8 Å². The smallest absolute Gasteiger partial charge is 0.264 e. The van der Waals surface area contributed by atoms with Crippen LogP contribution < -0.4 is 14.3 Å². The van der Waals surface area contributed by atoms with Gasteiger partial charge < -0.3 is 5.32 Å². The predicted molar refractivity (Wildman–Crippen MR) is 137 cm³/mol. The summed E-state index contributed by atoms with van der Waals surface area (Å²) < 4.78 is 68.4. The number of benzene rings is 3. The van der Waals surface area contributed by atoms with E-state index in [-0.39, 0.29) is 27.0 Å². The SMILES string of the molecule is O=C(CN(c1ccc(F)cc1)S(=O)(=O)c1ccccc1)Nc1ccc(S(=O)(=O)Nc2ccccn2)cc1. The van der Waals surface area contributed by atoms with Crippen molar-refractivity contribution in [2.75, 3.05) is 20.9 Å². The number of pyridine rings is 1. The van der Waals surface area contributed by atoms with Gasteiger partial charge in [-0.1, -0.05) is 24.3 Å². The molecule has 1 amide bonds. The number of rotatable bonds is 9. The second kappa shape index (κ2) is 10.8. The first-order chi connectivity index (χ1) is 17.6. The van der Waals surface area contributed by atoms with Gasteiger partial charge in [0, 0.05) is 11.9 Å². The summed E-state index contributed by atoms with van der Waals surface area (Å²) in [7, 11) is -8.06. The van der Waals surface area contributed by atoms with Crippen LogP contribution in [0.1, 0.15) is 0 Å². The van der Waals surface area contributed by atoms with Crippen LogP contribution in [-0.4, -0.2) is 34.3 Å². The molecular weight excluding hydrogens is 519 g/mol. The molecule has 190 valence electrons. The van der Waals surface area contributed by atoms with Crippen LogP contribution in [0.5, 0.6) is 0 Å². The van der Waals surface area contributed by atoms with Crippen molar-refractivity contribution in [3.63, 3.8) is 0 Å². The standard InChI is InChI=1S/C25H21FN4O5S2/c26-19-9-13-21(14-10-19)30(37(34,35)23-6-2-1-3-7-23)18-25(31)28-20-11-15-22(16-12-20)36(32,33)29-24-8-4-5-17-27-24/h1-17H,18H2,(H,27,29)(H,28,31). The van der Waals surface area contributed by atoms with E-state index in [1.54, 1.807) is 30.3 Å². The van der Waals surface area contributed by atoms with Gasteiger partial charge >= 0.3 is 0 Å². The Balaban J connectivity index is 1.52. The molecule has 0 atom stereocenters. The highest BCUT2D eigenvalue weighted by Gasteiger charge is 2.27. The van der Waals surface area contributed by atoms with Crippen molar-refractivity contribution in [1.29, 1.82) is 0 Å². The molecule has 12 heteroatoms. The summed E-state index contributed by atoms with van der Waals surface area (Å²) in [5, 5.41) is 2.56. The Morgan fingerprint density at radius 3 is 2.05 bits per heavy atom. The number of sulfonamides is 2. The molecule has 3 aromatic carbocycles. The maximum Gasteiger partial charge on any atom is 0.264 e. The normalized spacial score (nSPS) is 11.5. The molecule has 1 heterocycles. The number of anilines is 3. The summed E-state index contributed by atoms with van der Waals surface area (Å²) in [6.45, 7) is -0.607. The predicted octanol–water partition coefficient (Wildman–Crippen LogP) is 3.86. The van der Waals surface area contributed by atoms with Gasteiger partial charge in [0.05, 0.1) is 15.5 Å². The maximum atomic E-state index is 13.5. The highest BCUT2D eigenvalue weighted by Crippen LogP contribution is 2.24. The fourth-order valence-electron chi connectivity index (χ4n) is 3.31. The van der Waals surface area contributed by atoms with Gasteiger partial charge in [-0.3, -0.25) is 13.8 Å². The van der Waals surface area contributed by atoms with Crippen molar-refractivity contribution in [3.05, 3.63) is 109 Å². The van der Waals surface area contributed by atoms with Crippen LogP contribution in [0.25, 0.3) is 0 Å². The van der Waals surface area contributed by atoms with E-state index < -0.39 is 38.3 Å². The number of hydrogen-bond donors (Lipinski definition) is 2. The first-order valence-electron chi connectivity index (χ1n) is 10.8. The van der Waals surface area contributed by atoms with Gasteiger partial charge in [-0.25, -0.2) is 26.2 Å². The molecule has 0 aliphatic heterocycles. The number of carbonyl (C=O) groups excluding carboxylic acids is 1. The van der Waals surface area contributed by atoms with Crippen molar-refractivity contribution in [2.45, 2.75) is 9.79 Å². The Bertz CT molecular complexity index is 1580. The fraction of sp³-hybridized carbons (Fsp3) is 0.0400. The first kappa shape index (κ1) is 25.8. The van der Waals surface area contributed by atoms with Gasteiger partial charge in [0.15, 0.2) is 0 Å². The van der Waals surface area contributed by atoms with Crippen LogP contribution in [0, 0.1) is 5.82 Å². The zero-order valence-corrected chi connectivity index (χ0v) is 20.8. The molecule has 0 saturated heterocycles. The van der Waals surface area contributed by atoms with Crippen LogP contribution in [0.4, 0.5) is 21.6 Å². The molecular formula is C25H21FN4O5S2. The monoisotopic (exact) mass is 540 g/mol. The van der Waals surface area contributed by atoms with Gasteiger partial charge in [0.1, 0.15) is 18.2 Å². The summed E-state index contributed by atoms with van der Waals surface area (Å²) in [6.07, 6.45) is 1.45. The molecule has 37 heavy (non-hydrogen) atoms. The van der Waals surface area contributed by atoms with E-state index in [2.05, 4.69) is 15.0 Å². The van der Waals surface area contributed by atoms with Crippen molar-refractivity contribution in [3.8, 4) is 0 Å². The molecule has 0 aliphatic carbocycles. The molecule has 0 aliphatic rings. The number of nitrogens with zero attached hydrogens (tertiary/aromatic N) is 2. The summed E-state index contributed by atoms with van der Waals surface area (Å²) >= 11 is 0. The van der Waals surface area contributed by atoms with Crippen molar-refractivity contribution >= 4 is 43.1 Å². The molecule has 0 radical (unpaired) electrons. The number of hydrogen-bond acceptors (Lipinski definition) is 6. The Kier molecular flexibility index (Phi) is 7.50. The molecule has 2 N–H and O–H groups in total. The van der Waals surface area contributed by atoms with Crippen molar-refractivity contribution < 1.29 is 26.0 Å². The Labute approximate surface area is 213 Å². The van der Waals surface area contributed by atoms with Gasteiger partial charge in [0.2, 0.25) is 5.91 Å². The third-order valence-electron chi connectivity index (χ3n) is 5.09. The van der Waals surface area contributed by atoms with E-state index in [1.165, 1.54) is 60.8 Å². The Morgan fingerprint density at radius 1 is 0.784 bits per heavy atom. The van der Waals surface area contributed by atoms with E-state index in [0.29, 0.717) is 0 Å². The third kappa shape index (κ3) is 6.29.